The fraction of sp³-hybridized carbons (Fsp3) is 0.900. The summed E-state index contributed by atoms with van der Waals surface area (Å²) in [5.41, 5.74) is 0. The van der Waals surface area contributed by atoms with Crippen molar-refractivity contribution in [3.63, 3.8) is 0 Å². The van der Waals surface area contributed by atoms with E-state index >= 15 is 0 Å². The van der Waals surface area contributed by atoms with Gasteiger partial charge in [0.15, 0.2) is 0 Å². The molecular formula is C20H40NNaO3S. The summed E-state index contributed by atoms with van der Waals surface area (Å²) in [7, 11) is -4.19. The minimum absolute atomic E-state index is 0. The predicted octanol–water partition coefficient (Wildman–Crippen LogP) is 2.51. The Morgan fingerprint density at radius 2 is 1.23 bits per heavy atom. The molecule has 4 nitrogen and oxygen atoms in total. The summed E-state index contributed by atoms with van der Waals surface area (Å²) >= 11 is 0. The Hall–Kier alpha value is 0.610. The van der Waals surface area contributed by atoms with Crippen molar-refractivity contribution >= 4 is 10.1 Å². The molecule has 150 valence electrons. The largest absolute Gasteiger partial charge is 1.00 e. The third-order valence-electron chi connectivity index (χ3n) is 4.55. The first-order valence-corrected chi connectivity index (χ1v) is 11.8. The second-order valence-electron chi connectivity index (χ2n) is 7.03. The first-order valence-electron chi connectivity index (χ1n) is 10.3. The van der Waals surface area contributed by atoms with Crippen LogP contribution >= 0.6 is 0 Å². The zero-order valence-electron chi connectivity index (χ0n) is 17.5. The van der Waals surface area contributed by atoms with E-state index in [-0.39, 0.29) is 29.6 Å². The van der Waals surface area contributed by atoms with Crippen LogP contribution in [0.15, 0.2) is 12.2 Å². The van der Waals surface area contributed by atoms with Crippen LogP contribution in [0.3, 0.4) is 0 Å². The van der Waals surface area contributed by atoms with Gasteiger partial charge in [0.05, 0.1) is 5.37 Å². The molecule has 0 fully saturated rings. The van der Waals surface area contributed by atoms with Crippen LogP contribution in [0.25, 0.3) is 0 Å². The SMILES string of the molecule is CCCCCCCC/C=C\CCCCCCCCNC(C)S(=O)(=O)[O-].[Na+]. The van der Waals surface area contributed by atoms with Crippen molar-refractivity contribution < 1.29 is 42.5 Å². The minimum atomic E-state index is -4.19. The van der Waals surface area contributed by atoms with Gasteiger partial charge in [-0.15, -0.1) is 0 Å². The van der Waals surface area contributed by atoms with Crippen LogP contribution in [0, 0.1) is 0 Å². The predicted molar refractivity (Wildman–Crippen MR) is 107 cm³/mol. The molecule has 0 saturated carbocycles. The second-order valence-corrected chi connectivity index (χ2v) is 8.72. The fourth-order valence-electron chi connectivity index (χ4n) is 2.78. The van der Waals surface area contributed by atoms with E-state index in [0.717, 1.165) is 12.8 Å². The van der Waals surface area contributed by atoms with Crippen molar-refractivity contribution in [1.29, 1.82) is 0 Å². The Bertz CT molecular complexity index is 413. The standard InChI is InChI=1S/C20H41NO3S.Na/c1-3-4-5-6-7-8-9-10-11-12-13-14-15-16-17-18-19-21-20(2)25(22,23)24;/h10-11,20-21H,3-9,12-19H2,1-2H3,(H,22,23,24);/q;+1/p-1/b11-10-;. The summed E-state index contributed by atoms with van der Waals surface area (Å²) in [6.45, 7) is 4.26. The third-order valence-corrected chi connectivity index (χ3v) is 5.59. The van der Waals surface area contributed by atoms with Crippen LogP contribution in [-0.2, 0) is 10.1 Å². The van der Waals surface area contributed by atoms with Crippen molar-refractivity contribution in [3.8, 4) is 0 Å². The molecule has 1 atom stereocenters. The monoisotopic (exact) mass is 397 g/mol. The van der Waals surface area contributed by atoms with Gasteiger partial charge in [-0.05, 0) is 45.6 Å². The molecule has 0 rings (SSSR count). The zero-order valence-corrected chi connectivity index (χ0v) is 20.3. The van der Waals surface area contributed by atoms with Gasteiger partial charge >= 0.3 is 29.6 Å². The van der Waals surface area contributed by atoms with Gasteiger partial charge in [0.1, 0.15) is 10.1 Å². The van der Waals surface area contributed by atoms with E-state index in [9.17, 15) is 13.0 Å². The van der Waals surface area contributed by atoms with Crippen molar-refractivity contribution in [2.24, 2.45) is 0 Å². The molecule has 0 amide bonds. The Kier molecular flexibility index (Phi) is 22.6. The van der Waals surface area contributed by atoms with E-state index < -0.39 is 15.5 Å². The van der Waals surface area contributed by atoms with E-state index in [0.29, 0.717) is 6.54 Å². The van der Waals surface area contributed by atoms with Crippen LogP contribution in [-0.4, -0.2) is 24.9 Å². The van der Waals surface area contributed by atoms with Crippen molar-refractivity contribution in [2.45, 2.75) is 109 Å². The molecule has 26 heavy (non-hydrogen) atoms. The average Bonchev–Trinajstić information content (AvgIpc) is 2.56. The maximum absolute atomic E-state index is 10.7. The number of unbranched alkanes of at least 4 members (excludes halogenated alkanes) is 12. The van der Waals surface area contributed by atoms with E-state index in [4.69, 9.17) is 0 Å². The molecule has 0 bridgehead atoms. The van der Waals surface area contributed by atoms with E-state index in [1.165, 1.54) is 84.0 Å². The molecule has 6 heteroatoms. The van der Waals surface area contributed by atoms with Crippen molar-refractivity contribution in [3.05, 3.63) is 12.2 Å². The molecule has 0 heterocycles. The average molecular weight is 398 g/mol. The molecule has 0 spiro atoms. The Balaban J connectivity index is 0. The van der Waals surface area contributed by atoms with Crippen LogP contribution in [0.5, 0.6) is 0 Å². The summed E-state index contributed by atoms with van der Waals surface area (Å²) in [4.78, 5) is 0. The molecule has 0 aromatic heterocycles. The van der Waals surface area contributed by atoms with Crippen molar-refractivity contribution in [2.75, 3.05) is 6.54 Å². The molecular weight excluding hydrogens is 357 g/mol. The van der Waals surface area contributed by atoms with Gasteiger partial charge in [-0.25, -0.2) is 8.42 Å². The maximum atomic E-state index is 10.7. The van der Waals surface area contributed by atoms with Gasteiger partial charge in [0.2, 0.25) is 0 Å². The molecule has 0 aromatic rings. The molecule has 0 saturated heterocycles. The smallest absolute Gasteiger partial charge is 0.747 e. The minimum Gasteiger partial charge on any atom is -0.747 e. The Labute approximate surface area is 185 Å². The Morgan fingerprint density at radius 3 is 1.69 bits per heavy atom. The fourth-order valence-corrected chi connectivity index (χ4v) is 3.10. The molecule has 0 aromatic carbocycles. The summed E-state index contributed by atoms with van der Waals surface area (Å²) in [6.07, 6.45) is 22.3. The topological polar surface area (TPSA) is 69.2 Å². The number of allylic oxidation sites excluding steroid dienone is 2. The van der Waals surface area contributed by atoms with E-state index in [1.807, 2.05) is 0 Å². The summed E-state index contributed by atoms with van der Waals surface area (Å²) in [6, 6.07) is 0. The maximum Gasteiger partial charge on any atom is 1.00 e. The zero-order chi connectivity index (χ0) is 18.8. The van der Waals surface area contributed by atoms with Gasteiger partial charge in [0, 0.05) is 0 Å². The molecule has 0 aliphatic rings. The quantitative estimate of drug-likeness (QED) is 0.167. The van der Waals surface area contributed by atoms with Gasteiger partial charge in [-0.1, -0.05) is 76.9 Å². The summed E-state index contributed by atoms with van der Waals surface area (Å²) in [5.74, 6) is 0. The van der Waals surface area contributed by atoms with E-state index in [2.05, 4.69) is 24.4 Å². The first-order chi connectivity index (χ1) is 12.0. The van der Waals surface area contributed by atoms with Crippen molar-refractivity contribution in [1.82, 2.24) is 5.32 Å². The van der Waals surface area contributed by atoms with Crippen LogP contribution < -0.4 is 34.9 Å². The second kappa shape index (κ2) is 20.3. The van der Waals surface area contributed by atoms with Gasteiger partial charge in [-0.3, -0.25) is 0 Å². The molecule has 0 radical (unpaired) electrons. The van der Waals surface area contributed by atoms with Crippen LogP contribution in [0.4, 0.5) is 0 Å². The summed E-state index contributed by atoms with van der Waals surface area (Å²) in [5, 5.41) is 1.79. The number of nitrogens with one attached hydrogen (secondary N) is 1. The Morgan fingerprint density at radius 1 is 0.808 bits per heavy atom. The third kappa shape index (κ3) is 20.9. The number of rotatable bonds is 18. The number of hydrogen-bond donors (Lipinski definition) is 1. The molecule has 1 unspecified atom stereocenters. The van der Waals surface area contributed by atoms with Gasteiger partial charge in [0.25, 0.3) is 0 Å². The van der Waals surface area contributed by atoms with Crippen LogP contribution in [0.2, 0.25) is 0 Å². The number of hydrogen-bond acceptors (Lipinski definition) is 4. The van der Waals surface area contributed by atoms with Crippen LogP contribution in [0.1, 0.15) is 104 Å². The normalized spacial score (nSPS) is 13.0. The van der Waals surface area contributed by atoms with Gasteiger partial charge in [-0.2, -0.15) is 0 Å². The summed E-state index contributed by atoms with van der Waals surface area (Å²) < 4.78 is 32.1. The molecule has 0 aliphatic carbocycles. The molecule has 0 aliphatic heterocycles. The van der Waals surface area contributed by atoms with Gasteiger partial charge < -0.3 is 9.87 Å². The first kappa shape index (κ1) is 28.8. The molecule has 1 N–H and O–H groups in total. The van der Waals surface area contributed by atoms with E-state index in [1.54, 1.807) is 0 Å².